The van der Waals surface area contributed by atoms with E-state index in [4.69, 9.17) is 9.84 Å². The molecule has 0 aliphatic heterocycles. The van der Waals surface area contributed by atoms with Crippen molar-refractivity contribution in [2.45, 2.75) is 25.7 Å². The third-order valence-corrected chi connectivity index (χ3v) is 3.85. The molecule has 2 aliphatic carbocycles. The van der Waals surface area contributed by atoms with Crippen molar-refractivity contribution >= 4 is 11.9 Å². The van der Waals surface area contributed by atoms with E-state index >= 15 is 0 Å². The first kappa shape index (κ1) is 12.4. The van der Waals surface area contributed by atoms with E-state index in [-0.39, 0.29) is 25.0 Å². The number of rotatable bonds is 6. The van der Waals surface area contributed by atoms with Gasteiger partial charge in [-0.1, -0.05) is 6.42 Å². The second-order valence-corrected chi connectivity index (χ2v) is 5.02. The predicted octanol–water partition coefficient (Wildman–Crippen LogP) is 0.640. The van der Waals surface area contributed by atoms with Gasteiger partial charge in [0.1, 0.15) is 6.61 Å². The number of aliphatic carboxylic acids is 1. The van der Waals surface area contributed by atoms with Gasteiger partial charge in [0.05, 0.1) is 6.61 Å². The zero-order chi connectivity index (χ0) is 12.3. The summed E-state index contributed by atoms with van der Waals surface area (Å²) in [6.07, 6.45) is 4.73. The van der Waals surface area contributed by atoms with Crippen molar-refractivity contribution in [3.63, 3.8) is 0 Å². The standard InChI is InChI=1S/C12H19NO4/c14-11(15)7-17-4-3-13-12(16)10-6-8-1-2-9(10)5-8/h8-10H,1-7H2,(H,13,16)(H,14,15). The maximum Gasteiger partial charge on any atom is 0.329 e. The Morgan fingerprint density at radius 1 is 1.29 bits per heavy atom. The van der Waals surface area contributed by atoms with Crippen LogP contribution in [-0.4, -0.2) is 36.7 Å². The minimum Gasteiger partial charge on any atom is -0.480 e. The van der Waals surface area contributed by atoms with Crippen LogP contribution in [0.25, 0.3) is 0 Å². The zero-order valence-corrected chi connectivity index (χ0v) is 9.85. The SMILES string of the molecule is O=C(O)COCCNC(=O)C1CC2CCC1C2. The van der Waals surface area contributed by atoms with Crippen molar-refractivity contribution in [1.29, 1.82) is 0 Å². The Hall–Kier alpha value is -1.10. The van der Waals surface area contributed by atoms with Gasteiger partial charge in [-0.3, -0.25) is 4.79 Å². The van der Waals surface area contributed by atoms with Crippen LogP contribution in [0.1, 0.15) is 25.7 Å². The summed E-state index contributed by atoms with van der Waals surface area (Å²) in [4.78, 5) is 22.0. The second-order valence-electron chi connectivity index (χ2n) is 5.02. The van der Waals surface area contributed by atoms with Gasteiger partial charge in [0.2, 0.25) is 5.91 Å². The summed E-state index contributed by atoms with van der Waals surface area (Å²) in [6, 6.07) is 0. The van der Waals surface area contributed by atoms with Crippen LogP contribution < -0.4 is 5.32 Å². The number of ether oxygens (including phenoxy) is 1. The van der Waals surface area contributed by atoms with Gasteiger partial charge in [-0.05, 0) is 31.1 Å². The molecule has 2 bridgehead atoms. The van der Waals surface area contributed by atoms with Crippen LogP contribution in [0.4, 0.5) is 0 Å². The van der Waals surface area contributed by atoms with Crippen molar-refractivity contribution in [2.24, 2.45) is 17.8 Å². The molecule has 2 fully saturated rings. The maximum absolute atomic E-state index is 11.8. The van der Waals surface area contributed by atoms with E-state index < -0.39 is 5.97 Å². The van der Waals surface area contributed by atoms with Gasteiger partial charge < -0.3 is 15.2 Å². The molecule has 3 atom stereocenters. The Bertz CT molecular complexity index is 305. The predicted molar refractivity (Wildman–Crippen MR) is 60.4 cm³/mol. The Morgan fingerprint density at radius 3 is 2.71 bits per heavy atom. The number of carbonyl (C=O) groups excluding carboxylic acids is 1. The van der Waals surface area contributed by atoms with Gasteiger partial charge in [-0.2, -0.15) is 0 Å². The monoisotopic (exact) mass is 241 g/mol. The largest absolute Gasteiger partial charge is 0.480 e. The number of nitrogens with one attached hydrogen (secondary N) is 1. The molecule has 0 aromatic carbocycles. The minimum atomic E-state index is -0.982. The molecule has 0 radical (unpaired) electrons. The summed E-state index contributed by atoms with van der Waals surface area (Å²) in [5, 5.41) is 11.2. The molecular formula is C12H19NO4. The van der Waals surface area contributed by atoms with Crippen LogP contribution in [0.3, 0.4) is 0 Å². The second kappa shape index (κ2) is 5.49. The summed E-state index contributed by atoms with van der Waals surface area (Å²) in [6.45, 7) is 0.364. The smallest absolute Gasteiger partial charge is 0.329 e. The van der Waals surface area contributed by atoms with Crippen molar-refractivity contribution < 1.29 is 19.4 Å². The van der Waals surface area contributed by atoms with E-state index in [9.17, 15) is 9.59 Å². The number of fused-ring (bicyclic) bond motifs is 2. The molecule has 5 nitrogen and oxygen atoms in total. The number of carbonyl (C=O) groups is 2. The van der Waals surface area contributed by atoms with Gasteiger partial charge in [-0.15, -0.1) is 0 Å². The maximum atomic E-state index is 11.8. The lowest BCUT2D eigenvalue weighted by Gasteiger charge is -2.20. The molecule has 2 N–H and O–H groups in total. The molecule has 96 valence electrons. The van der Waals surface area contributed by atoms with Crippen LogP contribution in [0.15, 0.2) is 0 Å². The van der Waals surface area contributed by atoms with Gasteiger partial charge in [0.25, 0.3) is 0 Å². The highest BCUT2D eigenvalue weighted by Gasteiger charge is 2.42. The molecule has 2 saturated carbocycles. The van der Waals surface area contributed by atoms with Crippen molar-refractivity contribution in [3.8, 4) is 0 Å². The van der Waals surface area contributed by atoms with Crippen LogP contribution in [-0.2, 0) is 14.3 Å². The molecule has 5 heteroatoms. The number of amides is 1. The molecule has 3 unspecified atom stereocenters. The average molecular weight is 241 g/mol. The van der Waals surface area contributed by atoms with E-state index in [1.54, 1.807) is 0 Å². The molecule has 0 aromatic heterocycles. The highest BCUT2D eigenvalue weighted by atomic mass is 16.5. The van der Waals surface area contributed by atoms with Gasteiger partial charge in [0, 0.05) is 12.5 Å². The van der Waals surface area contributed by atoms with Crippen molar-refractivity contribution in [1.82, 2.24) is 5.32 Å². The molecule has 0 heterocycles. The summed E-state index contributed by atoms with van der Waals surface area (Å²) in [7, 11) is 0. The van der Waals surface area contributed by atoms with E-state index in [0.29, 0.717) is 12.5 Å². The van der Waals surface area contributed by atoms with Crippen LogP contribution in [0, 0.1) is 17.8 Å². The lowest BCUT2D eigenvalue weighted by Crippen LogP contribution is -2.35. The molecule has 2 rings (SSSR count). The molecule has 1 amide bonds. The first-order valence-corrected chi connectivity index (χ1v) is 6.24. The normalized spacial score (nSPS) is 30.5. The van der Waals surface area contributed by atoms with E-state index in [1.165, 1.54) is 19.3 Å². The molecular weight excluding hydrogens is 222 g/mol. The fourth-order valence-electron chi connectivity index (χ4n) is 3.10. The van der Waals surface area contributed by atoms with Gasteiger partial charge in [-0.25, -0.2) is 4.79 Å². The Morgan fingerprint density at radius 2 is 2.12 bits per heavy atom. The topological polar surface area (TPSA) is 75.6 Å². The lowest BCUT2D eigenvalue weighted by molar-refractivity contribution is -0.142. The van der Waals surface area contributed by atoms with Crippen molar-refractivity contribution in [2.75, 3.05) is 19.8 Å². The van der Waals surface area contributed by atoms with Crippen LogP contribution in [0.5, 0.6) is 0 Å². The average Bonchev–Trinajstić information content (AvgIpc) is 2.89. The first-order valence-electron chi connectivity index (χ1n) is 6.24. The Labute approximate surface area is 101 Å². The Kier molecular flexibility index (Phi) is 3.99. The molecule has 0 spiro atoms. The molecule has 0 saturated heterocycles. The summed E-state index contributed by atoms with van der Waals surface area (Å²) >= 11 is 0. The fourth-order valence-corrected chi connectivity index (χ4v) is 3.10. The van der Waals surface area contributed by atoms with E-state index in [1.807, 2.05) is 0 Å². The van der Waals surface area contributed by atoms with E-state index in [0.717, 1.165) is 12.3 Å². The van der Waals surface area contributed by atoms with Gasteiger partial charge in [0.15, 0.2) is 0 Å². The highest BCUT2D eigenvalue weighted by molar-refractivity contribution is 5.79. The third kappa shape index (κ3) is 3.19. The number of carboxylic acid groups (broad SMARTS) is 1. The summed E-state index contributed by atoms with van der Waals surface area (Å²) < 4.78 is 4.86. The molecule has 0 aromatic rings. The Balaban J connectivity index is 1.60. The fraction of sp³-hybridized carbons (Fsp3) is 0.833. The summed E-state index contributed by atoms with van der Waals surface area (Å²) in [5.74, 6) is 0.674. The number of carboxylic acids is 1. The highest BCUT2D eigenvalue weighted by Crippen LogP contribution is 2.48. The van der Waals surface area contributed by atoms with Crippen LogP contribution in [0.2, 0.25) is 0 Å². The summed E-state index contributed by atoms with van der Waals surface area (Å²) in [5.41, 5.74) is 0. The quantitative estimate of drug-likeness (QED) is 0.669. The lowest BCUT2D eigenvalue weighted by atomic mass is 9.88. The van der Waals surface area contributed by atoms with Crippen LogP contribution >= 0.6 is 0 Å². The number of hydrogen-bond donors (Lipinski definition) is 2. The first-order chi connectivity index (χ1) is 8.16. The molecule has 2 aliphatic rings. The number of hydrogen-bond acceptors (Lipinski definition) is 3. The third-order valence-electron chi connectivity index (χ3n) is 3.85. The minimum absolute atomic E-state index is 0.121. The van der Waals surface area contributed by atoms with E-state index in [2.05, 4.69) is 5.32 Å². The van der Waals surface area contributed by atoms with Crippen molar-refractivity contribution in [3.05, 3.63) is 0 Å². The van der Waals surface area contributed by atoms with Gasteiger partial charge >= 0.3 is 5.97 Å². The zero-order valence-electron chi connectivity index (χ0n) is 9.85. The molecule has 17 heavy (non-hydrogen) atoms.